The van der Waals surface area contributed by atoms with Crippen LogP contribution in [0.3, 0.4) is 0 Å². The van der Waals surface area contributed by atoms with Crippen LogP contribution in [0.2, 0.25) is 0 Å². The number of nitrogens with zero attached hydrogens (tertiary/aromatic N) is 2. The second kappa shape index (κ2) is 7.42. The third-order valence-electron chi connectivity index (χ3n) is 5.98. The average Bonchev–Trinajstić information content (AvgIpc) is 3.48. The summed E-state index contributed by atoms with van der Waals surface area (Å²) in [5, 5.41) is 4.46. The Balaban J connectivity index is 1.96. The van der Waals surface area contributed by atoms with Crippen LogP contribution in [0, 0.1) is 13.8 Å². The van der Waals surface area contributed by atoms with Crippen molar-refractivity contribution in [1.82, 2.24) is 9.13 Å². The summed E-state index contributed by atoms with van der Waals surface area (Å²) in [6, 6.07) is 8.17. The van der Waals surface area contributed by atoms with Crippen LogP contribution in [0.1, 0.15) is 40.2 Å². The van der Waals surface area contributed by atoms with E-state index in [2.05, 4.69) is 5.16 Å². The largest absolute Gasteiger partial charge is 0.366 e. The predicted molar refractivity (Wildman–Crippen MR) is 124 cm³/mol. The van der Waals surface area contributed by atoms with Gasteiger partial charge in [-0.15, -0.1) is 0 Å². The molecule has 2 heterocycles. The van der Waals surface area contributed by atoms with Crippen LogP contribution in [-0.2, 0) is 26.5 Å². The Morgan fingerprint density at radius 1 is 1.18 bits per heavy atom. The first kappa shape index (κ1) is 21.7. The standard InChI is InChI=1S/C22H21N3O6S2/c1-11-20(12(2)31-24-11)14-8-17-16-7-13(10-32(27)28)3-6-19(16)25(33(29,30)15-4-5-15)21(17)18(9-14)22(23)26/h3,6-9,15,32H,4-5,10H2,1-2H3,(H2,23,26). The summed E-state index contributed by atoms with van der Waals surface area (Å²) in [4.78, 5) is 12.6. The number of carbonyl (C=O) groups excluding carboxylic acids is 1. The van der Waals surface area contributed by atoms with Gasteiger partial charge in [0.15, 0.2) is 0 Å². The van der Waals surface area contributed by atoms with E-state index >= 15 is 0 Å². The molecule has 1 aliphatic rings. The van der Waals surface area contributed by atoms with Gasteiger partial charge < -0.3 is 10.3 Å². The molecule has 0 bridgehead atoms. The second-order valence-corrected chi connectivity index (χ2v) is 11.4. The maximum Gasteiger partial charge on any atom is 0.250 e. The van der Waals surface area contributed by atoms with Gasteiger partial charge in [0.25, 0.3) is 5.91 Å². The van der Waals surface area contributed by atoms with Crippen LogP contribution in [0.5, 0.6) is 0 Å². The molecule has 0 unspecified atom stereocenters. The Morgan fingerprint density at radius 2 is 1.91 bits per heavy atom. The van der Waals surface area contributed by atoms with Crippen molar-refractivity contribution in [2.75, 3.05) is 0 Å². The molecule has 9 nitrogen and oxygen atoms in total. The highest BCUT2D eigenvalue weighted by atomic mass is 32.2. The number of hydrogen-bond donors (Lipinski definition) is 2. The lowest BCUT2D eigenvalue weighted by atomic mass is 9.97. The molecule has 0 atom stereocenters. The van der Waals surface area contributed by atoms with Crippen molar-refractivity contribution in [2.45, 2.75) is 37.7 Å². The van der Waals surface area contributed by atoms with Gasteiger partial charge in [-0.3, -0.25) is 4.79 Å². The number of carbonyl (C=O) groups is 1. The fourth-order valence-corrected chi connectivity index (χ4v) is 6.82. The van der Waals surface area contributed by atoms with Crippen molar-refractivity contribution in [3.05, 3.63) is 52.9 Å². The molecule has 5 rings (SSSR count). The van der Waals surface area contributed by atoms with Crippen molar-refractivity contribution in [1.29, 1.82) is 0 Å². The number of nitrogens with two attached hydrogens (primary N) is 1. The highest BCUT2D eigenvalue weighted by Crippen LogP contribution is 2.41. The molecule has 2 aromatic heterocycles. The molecule has 33 heavy (non-hydrogen) atoms. The first-order valence-electron chi connectivity index (χ1n) is 10.3. The summed E-state index contributed by atoms with van der Waals surface area (Å²) in [7, 11) is -6.46. The number of hydrogen-bond acceptors (Lipinski definition) is 7. The van der Waals surface area contributed by atoms with Crippen LogP contribution in [0.4, 0.5) is 0 Å². The number of aromatic nitrogens is 2. The van der Waals surface area contributed by atoms with E-state index in [9.17, 15) is 21.6 Å². The van der Waals surface area contributed by atoms with Gasteiger partial charge in [-0.2, -0.15) is 0 Å². The summed E-state index contributed by atoms with van der Waals surface area (Å²) in [5.41, 5.74) is 8.78. The van der Waals surface area contributed by atoms with Crippen LogP contribution >= 0.6 is 0 Å². The lowest BCUT2D eigenvalue weighted by Crippen LogP contribution is -2.20. The van der Waals surface area contributed by atoms with E-state index in [0.29, 0.717) is 57.3 Å². The van der Waals surface area contributed by atoms with Gasteiger partial charge in [-0.05, 0) is 62.1 Å². The zero-order valence-electron chi connectivity index (χ0n) is 17.9. The number of aryl methyl sites for hydroxylation is 2. The molecule has 0 saturated heterocycles. The molecule has 0 spiro atoms. The minimum atomic E-state index is -3.79. The van der Waals surface area contributed by atoms with Gasteiger partial charge in [-0.25, -0.2) is 20.8 Å². The van der Waals surface area contributed by atoms with Gasteiger partial charge >= 0.3 is 0 Å². The Hall–Kier alpha value is -3.18. The molecular formula is C22H21N3O6S2. The first-order chi connectivity index (χ1) is 15.6. The van der Waals surface area contributed by atoms with Crippen molar-refractivity contribution >= 4 is 48.4 Å². The molecular weight excluding hydrogens is 466 g/mol. The van der Waals surface area contributed by atoms with Crippen LogP contribution in [-0.4, -0.2) is 37.1 Å². The highest BCUT2D eigenvalue weighted by Gasteiger charge is 2.39. The zero-order chi connectivity index (χ0) is 23.7. The lowest BCUT2D eigenvalue weighted by Gasteiger charge is -2.11. The normalized spacial score (nSPS) is 14.5. The van der Waals surface area contributed by atoms with Crippen molar-refractivity contribution in [2.24, 2.45) is 5.73 Å². The van der Waals surface area contributed by atoms with E-state index in [0.717, 1.165) is 0 Å². The van der Waals surface area contributed by atoms with Crippen molar-refractivity contribution in [3.8, 4) is 11.1 Å². The van der Waals surface area contributed by atoms with E-state index in [1.54, 1.807) is 44.2 Å². The van der Waals surface area contributed by atoms with Gasteiger partial charge in [-0.1, -0.05) is 11.2 Å². The molecule has 172 valence electrons. The molecule has 2 N–H and O–H groups in total. The summed E-state index contributed by atoms with van der Waals surface area (Å²) < 4.78 is 56.0. The molecule has 1 fully saturated rings. The second-order valence-electron chi connectivity index (χ2n) is 8.33. The summed E-state index contributed by atoms with van der Waals surface area (Å²) in [6.45, 7) is 3.51. The predicted octanol–water partition coefficient (Wildman–Crippen LogP) is 2.62. The molecule has 0 aliphatic heterocycles. The Bertz CT molecular complexity index is 1630. The number of benzene rings is 2. The third-order valence-corrected chi connectivity index (χ3v) is 8.81. The number of amides is 1. The molecule has 1 aliphatic carbocycles. The quantitative estimate of drug-likeness (QED) is 0.398. The SMILES string of the molecule is Cc1noc(C)c1-c1cc(C(N)=O)c2c(c1)c1cc(C[SH](=O)=O)ccc1n2S(=O)(=O)C1CC1. The number of primary amides is 1. The van der Waals surface area contributed by atoms with E-state index in [-0.39, 0.29) is 16.8 Å². The highest BCUT2D eigenvalue weighted by molar-refractivity contribution is 7.91. The minimum absolute atomic E-state index is 0.0550. The van der Waals surface area contributed by atoms with Crippen LogP contribution in [0.25, 0.3) is 32.9 Å². The van der Waals surface area contributed by atoms with E-state index < -0.39 is 31.9 Å². The van der Waals surface area contributed by atoms with Crippen LogP contribution < -0.4 is 5.73 Å². The molecule has 1 amide bonds. The number of rotatable bonds is 6. The number of fused-ring (bicyclic) bond motifs is 3. The summed E-state index contributed by atoms with van der Waals surface area (Å²) in [6.07, 6.45) is 1.09. The fourth-order valence-electron chi connectivity index (χ4n) is 4.41. The molecule has 0 radical (unpaired) electrons. The first-order valence-corrected chi connectivity index (χ1v) is 13.2. The van der Waals surface area contributed by atoms with Gasteiger partial charge in [0.1, 0.15) is 16.5 Å². The summed E-state index contributed by atoms with van der Waals surface area (Å²) in [5.74, 6) is -0.410. The molecule has 2 aromatic carbocycles. The monoisotopic (exact) mass is 487 g/mol. The smallest absolute Gasteiger partial charge is 0.250 e. The van der Waals surface area contributed by atoms with Gasteiger partial charge in [0.2, 0.25) is 10.0 Å². The fraction of sp³-hybridized carbons (Fsp3) is 0.273. The lowest BCUT2D eigenvalue weighted by molar-refractivity contribution is 0.100. The van der Waals surface area contributed by atoms with E-state index in [4.69, 9.17) is 10.3 Å². The Morgan fingerprint density at radius 3 is 2.48 bits per heavy atom. The van der Waals surface area contributed by atoms with E-state index in [1.807, 2.05) is 0 Å². The van der Waals surface area contributed by atoms with Gasteiger partial charge in [0.05, 0.1) is 33.3 Å². The average molecular weight is 488 g/mol. The Labute approximate surface area is 191 Å². The molecule has 11 heteroatoms. The molecule has 1 saturated carbocycles. The van der Waals surface area contributed by atoms with Crippen LogP contribution in [0.15, 0.2) is 34.9 Å². The zero-order valence-corrected chi connectivity index (χ0v) is 19.6. The Kier molecular flexibility index (Phi) is 4.87. The minimum Gasteiger partial charge on any atom is -0.366 e. The van der Waals surface area contributed by atoms with Crippen molar-refractivity contribution in [3.63, 3.8) is 0 Å². The summed E-state index contributed by atoms with van der Waals surface area (Å²) >= 11 is 0. The van der Waals surface area contributed by atoms with Gasteiger partial charge in [0, 0.05) is 16.3 Å². The maximum absolute atomic E-state index is 13.4. The maximum atomic E-state index is 13.4. The topological polar surface area (TPSA) is 142 Å². The number of thiol groups is 1. The molecule has 4 aromatic rings. The van der Waals surface area contributed by atoms with Crippen molar-refractivity contribution < 1.29 is 26.2 Å². The third kappa shape index (κ3) is 3.42. The van der Waals surface area contributed by atoms with E-state index in [1.165, 1.54) is 3.97 Å².